The normalized spacial score (nSPS) is 14.3. The zero-order valence-electron chi connectivity index (χ0n) is 12.0. The summed E-state index contributed by atoms with van der Waals surface area (Å²) in [5.74, 6) is -1.50. The molecule has 0 aliphatic heterocycles. The smallest absolute Gasteiger partial charge is 0.335 e. The van der Waals surface area contributed by atoms with Crippen LogP contribution in [0.25, 0.3) is 0 Å². The molecule has 118 valence electrons. The fraction of sp³-hybridized carbons (Fsp3) is 0.385. The first-order valence-electron chi connectivity index (χ1n) is 5.90. The van der Waals surface area contributed by atoms with Crippen LogP contribution in [0, 0.1) is 0 Å². The van der Waals surface area contributed by atoms with E-state index >= 15 is 0 Å². The number of hydrogen-bond donors (Lipinski definition) is 1. The minimum Gasteiger partial charge on any atom is -0.458 e. The number of hydrogen-bond acceptors (Lipinski definition) is 6. The maximum atomic E-state index is 11.5. The van der Waals surface area contributed by atoms with Gasteiger partial charge in [-0.3, -0.25) is 4.55 Å². The van der Waals surface area contributed by atoms with Crippen molar-refractivity contribution in [1.29, 1.82) is 0 Å². The zero-order chi connectivity index (χ0) is 16.6. The molecule has 0 amide bonds. The van der Waals surface area contributed by atoms with Gasteiger partial charge in [0.15, 0.2) is 0 Å². The van der Waals surface area contributed by atoms with Gasteiger partial charge in [-0.05, 0) is 20.8 Å². The second kappa shape index (κ2) is 8.38. The van der Waals surface area contributed by atoms with E-state index < -0.39 is 27.5 Å². The van der Waals surface area contributed by atoms with E-state index in [1.54, 1.807) is 0 Å². The molecule has 0 saturated carbocycles. The zero-order valence-corrected chi connectivity index (χ0v) is 12.8. The molecular formula is C13H18O7S. The highest BCUT2D eigenvalue weighted by molar-refractivity contribution is 7.86. The Morgan fingerprint density at radius 2 is 1.67 bits per heavy atom. The van der Waals surface area contributed by atoms with Crippen LogP contribution in [0.3, 0.4) is 0 Å². The Labute approximate surface area is 123 Å². The van der Waals surface area contributed by atoms with Crippen LogP contribution in [0.15, 0.2) is 36.0 Å². The minimum absolute atomic E-state index is 0.0568. The molecule has 0 aromatic rings. The third-order valence-corrected chi connectivity index (χ3v) is 3.19. The Morgan fingerprint density at radius 1 is 1.19 bits per heavy atom. The van der Waals surface area contributed by atoms with Gasteiger partial charge in [-0.2, -0.15) is 8.42 Å². The predicted molar refractivity (Wildman–Crippen MR) is 75.8 cm³/mol. The quantitative estimate of drug-likeness (QED) is 0.248. The number of ether oxygens (including phenoxy) is 2. The highest BCUT2D eigenvalue weighted by Crippen LogP contribution is 2.06. The van der Waals surface area contributed by atoms with Crippen molar-refractivity contribution in [3.8, 4) is 0 Å². The van der Waals surface area contributed by atoms with E-state index in [1.807, 2.05) is 0 Å². The van der Waals surface area contributed by atoms with Crippen LogP contribution in [0.1, 0.15) is 20.8 Å². The Bertz CT molecular complexity index is 569. The molecule has 7 nitrogen and oxygen atoms in total. The summed E-state index contributed by atoms with van der Waals surface area (Å²) in [5, 5.41) is 0. The van der Waals surface area contributed by atoms with Gasteiger partial charge in [0.2, 0.25) is 5.44 Å². The van der Waals surface area contributed by atoms with E-state index in [4.69, 9.17) is 9.29 Å². The second-order valence-electron chi connectivity index (χ2n) is 4.07. The molecule has 0 aromatic carbocycles. The molecule has 0 spiro atoms. The van der Waals surface area contributed by atoms with Crippen molar-refractivity contribution >= 4 is 22.1 Å². The van der Waals surface area contributed by atoms with Crippen LogP contribution in [0.2, 0.25) is 0 Å². The number of carbonyl (C=O) groups is 2. The summed E-state index contributed by atoms with van der Waals surface area (Å²) in [7, 11) is -4.46. The third-order valence-electron chi connectivity index (χ3n) is 2.25. The Kier molecular flexibility index (Phi) is 7.61. The van der Waals surface area contributed by atoms with Crippen molar-refractivity contribution in [2.24, 2.45) is 0 Å². The van der Waals surface area contributed by atoms with Crippen LogP contribution < -0.4 is 0 Å². The minimum atomic E-state index is -4.46. The summed E-state index contributed by atoms with van der Waals surface area (Å²) in [6, 6.07) is 0. The summed E-state index contributed by atoms with van der Waals surface area (Å²) in [6.45, 7) is 7.35. The van der Waals surface area contributed by atoms with Gasteiger partial charge in [-0.15, -0.1) is 0 Å². The van der Waals surface area contributed by atoms with E-state index in [0.717, 1.165) is 6.92 Å². The summed E-state index contributed by atoms with van der Waals surface area (Å²) in [5.41, 5.74) is -1.37. The lowest BCUT2D eigenvalue weighted by Gasteiger charge is -2.09. The summed E-state index contributed by atoms with van der Waals surface area (Å²) in [4.78, 5) is 22.9. The maximum Gasteiger partial charge on any atom is 0.335 e. The van der Waals surface area contributed by atoms with Crippen molar-refractivity contribution in [1.82, 2.24) is 0 Å². The Hall–Kier alpha value is -1.93. The molecule has 0 aliphatic rings. The molecule has 0 aliphatic carbocycles. The van der Waals surface area contributed by atoms with Gasteiger partial charge in [0.1, 0.15) is 6.61 Å². The first-order chi connectivity index (χ1) is 9.59. The topological polar surface area (TPSA) is 107 Å². The molecule has 0 fully saturated rings. The van der Waals surface area contributed by atoms with Crippen molar-refractivity contribution in [2.75, 3.05) is 6.61 Å². The van der Waals surface area contributed by atoms with Crippen LogP contribution in [-0.4, -0.2) is 37.0 Å². The molecule has 1 N–H and O–H groups in total. The van der Waals surface area contributed by atoms with E-state index in [-0.39, 0.29) is 17.8 Å². The van der Waals surface area contributed by atoms with E-state index in [0.29, 0.717) is 0 Å². The average molecular weight is 318 g/mol. The standard InChI is InChI=1S/C13H18O7S/c1-5-8-19-12(14)9(2)6-7-10(3)13(15)20-11(4)21(16,17)18/h5-7,11H,1,8H2,2-4H3,(H,16,17,18)/b9-6+,10-7+. The Morgan fingerprint density at radius 3 is 2.10 bits per heavy atom. The van der Waals surface area contributed by atoms with Crippen LogP contribution in [0.5, 0.6) is 0 Å². The van der Waals surface area contributed by atoms with Crippen LogP contribution >= 0.6 is 0 Å². The first-order valence-corrected chi connectivity index (χ1v) is 7.40. The fourth-order valence-electron chi connectivity index (χ4n) is 0.939. The Balaban J connectivity index is 4.77. The van der Waals surface area contributed by atoms with Crippen molar-refractivity contribution < 1.29 is 32.0 Å². The largest absolute Gasteiger partial charge is 0.458 e. The highest BCUT2D eigenvalue weighted by Gasteiger charge is 2.22. The average Bonchev–Trinajstić information content (AvgIpc) is 2.40. The summed E-state index contributed by atoms with van der Waals surface area (Å²) >= 11 is 0. The van der Waals surface area contributed by atoms with E-state index in [2.05, 4.69) is 11.3 Å². The third kappa shape index (κ3) is 7.42. The first kappa shape index (κ1) is 19.1. The lowest BCUT2D eigenvalue weighted by Crippen LogP contribution is -2.24. The molecule has 0 rings (SSSR count). The van der Waals surface area contributed by atoms with Crippen molar-refractivity contribution in [3.63, 3.8) is 0 Å². The molecule has 0 heterocycles. The summed E-state index contributed by atoms with van der Waals surface area (Å²) in [6.07, 6.45) is 4.03. The van der Waals surface area contributed by atoms with E-state index in [9.17, 15) is 18.0 Å². The van der Waals surface area contributed by atoms with Gasteiger partial charge in [0, 0.05) is 11.1 Å². The van der Waals surface area contributed by atoms with Crippen LogP contribution in [0.4, 0.5) is 0 Å². The molecule has 0 bridgehead atoms. The molecule has 8 heteroatoms. The van der Waals surface area contributed by atoms with Gasteiger partial charge in [-0.25, -0.2) is 9.59 Å². The van der Waals surface area contributed by atoms with Gasteiger partial charge in [0.05, 0.1) is 0 Å². The van der Waals surface area contributed by atoms with Gasteiger partial charge >= 0.3 is 22.1 Å². The summed E-state index contributed by atoms with van der Waals surface area (Å²) < 4.78 is 39.4. The second-order valence-corrected chi connectivity index (χ2v) is 5.77. The lowest BCUT2D eigenvalue weighted by atomic mass is 10.2. The number of esters is 2. The van der Waals surface area contributed by atoms with Gasteiger partial charge in [0.25, 0.3) is 0 Å². The molecule has 21 heavy (non-hydrogen) atoms. The predicted octanol–water partition coefficient (Wildman–Crippen LogP) is 1.39. The fourth-order valence-corrected chi connectivity index (χ4v) is 1.15. The number of carbonyl (C=O) groups excluding carboxylic acids is 2. The number of allylic oxidation sites excluding steroid dienone is 2. The molecule has 0 radical (unpaired) electrons. The molecule has 0 saturated heterocycles. The lowest BCUT2D eigenvalue weighted by molar-refractivity contribution is -0.140. The SMILES string of the molecule is C=CCOC(=O)/C(C)=C/C=C(\C)C(=O)OC(C)S(=O)(=O)O. The monoisotopic (exact) mass is 318 g/mol. The number of rotatable bonds is 7. The molecule has 1 atom stereocenters. The van der Waals surface area contributed by atoms with Gasteiger partial charge < -0.3 is 9.47 Å². The molecular weight excluding hydrogens is 300 g/mol. The van der Waals surface area contributed by atoms with Gasteiger partial charge in [-0.1, -0.05) is 24.8 Å². The van der Waals surface area contributed by atoms with Crippen molar-refractivity contribution in [3.05, 3.63) is 36.0 Å². The van der Waals surface area contributed by atoms with Crippen molar-refractivity contribution in [2.45, 2.75) is 26.2 Å². The highest BCUT2D eigenvalue weighted by atomic mass is 32.2. The van der Waals surface area contributed by atoms with Crippen LogP contribution in [-0.2, 0) is 29.2 Å². The van der Waals surface area contributed by atoms with E-state index in [1.165, 1.54) is 32.1 Å². The maximum absolute atomic E-state index is 11.5. The molecule has 1 unspecified atom stereocenters. The molecule has 0 aromatic heterocycles.